The molecular formula is C15H21N3O2S. The van der Waals surface area contributed by atoms with E-state index in [1.165, 1.54) is 4.88 Å². The summed E-state index contributed by atoms with van der Waals surface area (Å²) in [7, 11) is 0. The molecule has 1 amide bonds. The highest BCUT2D eigenvalue weighted by molar-refractivity contribution is 7.11. The highest BCUT2D eigenvalue weighted by Gasteiger charge is 2.47. The molecular weight excluding hydrogens is 286 g/mol. The van der Waals surface area contributed by atoms with Crippen molar-refractivity contribution in [2.24, 2.45) is 11.7 Å². The van der Waals surface area contributed by atoms with Crippen LogP contribution in [0.1, 0.15) is 22.0 Å². The maximum atomic E-state index is 12.2. The van der Waals surface area contributed by atoms with E-state index in [0.717, 1.165) is 23.5 Å². The predicted molar refractivity (Wildman–Crippen MR) is 82.2 cm³/mol. The largest absolute Gasteiger partial charge is 0.364 e. The quantitative estimate of drug-likeness (QED) is 0.630. The average Bonchev–Trinajstić information content (AvgIpc) is 3.11. The van der Waals surface area contributed by atoms with Gasteiger partial charge in [-0.3, -0.25) is 4.79 Å². The van der Waals surface area contributed by atoms with Crippen molar-refractivity contribution in [3.8, 4) is 0 Å². The van der Waals surface area contributed by atoms with Crippen LogP contribution in [-0.2, 0) is 16.0 Å². The van der Waals surface area contributed by atoms with E-state index in [2.05, 4.69) is 17.2 Å². The van der Waals surface area contributed by atoms with Crippen molar-refractivity contribution in [1.82, 2.24) is 10.3 Å². The Labute approximate surface area is 128 Å². The number of hydrogen-bond donors (Lipinski definition) is 2. The van der Waals surface area contributed by atoms with Crippen molar-refractivity contribution >= 4 is 17.2 Å². The molecule has 0 aromatic carbocycles. The van der Waals surface area contributed by atoms with Crippen molar-refractivity contribution in [3.63, 3.8) is 0 Å². The smallest absolute Gasteiger partial charge is 0.227 e. The molecule has 3 rings (SSSR count). The number of nitrogens with zero attached hydrogens (tertiary/aromatic N) is 1. The molecule has 3 N–H and O–H groups in total. The van der Waals surface area contributed by atoms with Crippen LogP contribution >= 0.6 is 11.3 Å². The van der Waals surface area contributed by atoms with Gasteiger partial charge < -0.3 is 15.8 Å². The Morgan fingerprint density at radius 3 is 2.81 bits per heavy atom. The minimum atomic E-state index is -0.246. The summed E-state index contributed by atoms with van der Waals surface area (Å²) in [4.78, 5) is 18.0. The average molecular weight is 307 g/mol. The molecule has 2 aliphatic rings. The van der Waals surface area contributed by atoms with Gasteiger partial charge in [-0.05, 0) is 20.3 Å². The molecule has 0 unspecified atom stereocenters. The summed E-state index contributed by atoms with van der Waals surface area (Å²) >= 11 is 1.74. The van der Waals surface area contributed by atoms with Crippen LogP contribution in [0.25, 0.3) is 0 Å². The van der Waals surface area contributed by atoms with Crippen LogP contribution < -0.4 is 11.1 Å². The number of aromatic nitrogens is 1. The van der Waals surface area contributed by atoms with E-state index >= 15 is 0 Å². The molecule has 1 aromatic rings. The maximum Gasteiger partial charge on any atom is 0.227 e. The third-order valence-electron chi connectivity index (χ3n) is 4.19. The number of aryl methyl sites for hydroxylation is 3. The second-order valence-corrected chi connectivity index (χ2v) is 6.98. The molecule has 114 valence electrons. The van der Waals surface area contributed by atoms with Crippen LogP contribution in [-0.4, -0.2) is 35.7 Å². The Balaban J connectivity index is 1.43. The van der Waals surface area contributed by atoms with Gasteiger partial charge >= 0.3 is 0 Å². The molecule has 1 fully saturated rings. The highest BCUT2D eigenvalue weighted by atomic mass is 32.1. The van der Waals surface area contributed by atoms with Crippen molar-refractivity contribution in [1.29, 1.82) is 0 Å². The van der Waals surface area contributed by atoms with Gasteiger partial charge in [0.05, 0.1) is 28.8 Å². The Morgan fingerprint density at radius 2 is 2.19 bits per heavy atom. The normalized spacial score (nSPS) is 30.0. The Hall–Kier alpha value is -1.24. The minimum absolute atomic E-state index is 0.00542. The van der Waals surface area contributed by atoms with E-state index in [1.807, 2.05) is 19.1 Å². The minimum Gasteiger partial charge on any atom is -0.364 e. The summed E-state index contributed by atoms with van der Waals surface area (Å²) < 4.78 is 5.60. The van der Waals surface area contributed by atoms with Crippen molar-refractivity contribution in [2.45, 2.75) is 44.9 Å². The molecule has 1 aromatic heterocycles. The van der Waals surface area contributed by atoms with Gasteiger partial charge in [-0.2, -0.15) is 0 Å². The monoisotopic (exact) mass is 307 g/mol. The topological polar surface area (TPSA) is 77.2 Å². The number of thiazole rings is 1. The fraction of sp³-hybridized carbons (Fsp3) is 0.600. The van der Waals surface area contributed by atoms with Crippen LogP contribution in [0.15, 0.2) is 12.2 Å². The summed E-state index contributed by atoms with van der Waals surface area (Å²) in [5.74, 6) is -0.241. The van der Waals surface area contributed by atoms with E-state index in [4.69, 9.17) is 10.5 Å². The highest BCUT2D eigenvalue weighted by Crippen LogP contribution is 2.32. The number of ether oxygens (including phenoxy) is 1. The van der Waals surface area contributed by atoms with Gasteiger partial charge in [0, 0.05) is 23.9 Å². The SMILES string of the molecule is Cc1nc(CCCNC(=O)[C@H]2[C@@H](N)[C@@H]3C=C[C@H]2O3)sc1C. The van der Waals surface area contributed by atoms with Crippen molar-refractivity contribution in [2.75, 3.05) is 6.54 Å². The molecule has 0 spiro atoms. The first kappa shape index (κ1) is 14.7. The first-order valence-electron chi connectivity index (χ1n) is 7.36. The van der Waals surface area contributed by atoms with Crippen molar-refractivity contribution in [3.05, 3.63) is 27.7 Å². The van der Waals surface area contributed by atoms with E-state index in [0.29, 0.717) is 6.54 Å². The Morgan fingerprint density at radius 1 is 1.43 bits per heavy atom. The van der Waals surface area contributed by atoms with Gasteiger partial charge in [0.25, 0.3) is 0 Å². The Bertz CT molecular complexity index is 550. The van der Waals surface area contributed by atoms with Crippen LogP contribution in [0.4, 0.5) is 0 Å². The first-order chi connectivity index (χ1) is 10.1. The van der Waals surface area contributed by atoms with Crippen LogP contribution in [0, 0.1) is 19.8 Å². The van der Waals surface area contributed by atoms with Gasteiger partial charge in [-0.15, -0.1) is 11.3 Å². The number of amides is 1. The number of hydrogen-bond acceptors (Lipinski definition) is 5. The lowest BCUT2D eigenvalue weighted by molar-refractivity contribution is -0.126. The Kier molecular flexibility index (Phi) is 4.10. The van der Waals surface area contributed by atoms with Gasteiger partial charge in [0.1, 0.15) is 0 Å². The number of carbonyl (C=O) groups is 1. The van der Waals surface area contributed by atoms with Crippen LogP contribution in [0.3, 0.4) is 0 Å². The third-order valence-corrected chi connectivity index (χ3v) is 5.33. The third kappa shape index (κ3) is 2.88. The number of rotatable bonds is 5. The van der Waals surface area contributed by atoms with E-state index in [9.17, 15) is 4.79 Å². The van der Waals surface area contributed by atoms with E-state index in [1.54, 1.807) is 11.3 Å². The van der Waals surface area contributed by atoms with E-state index in [-0.39, 0.29) is 30.1 Å². The number of nitrogens with one attached hydrogen (secondary N) is 1. The van der Waals surface area contributed by atoms with Gasteiger partial charge in [-0.1, -0.05) is 12.2 Å². The zero-order chi connectivity index (χ0) is 15.0. The predicted octanol–water partition coefficient (Wildman–Crippen LogP) is 1.09. The fourth-order valence-electron chi connectivity index (χ4n) is 2.88. The van der Waals surface area contributed by atoms with Gasteiger partial charge in [0.2, 0.25) is 5.91 Å². The summed E-state index contributed by atoms with van der Waals surface area (Å²) in [6.07, 6.45) is 5.45. The van der Waals surface area contributed by atoms with Gasteiger partial charge in [-0.25, -0.2) is 4.98 Å². The number of carbonyl (C=O) groups excluding carboxylic acids is 1. The molecule has 1 saturated heterocycles. The second kappa shape index (κ2) is 5.87. The summed E-state index contributed by atoms with van der Waals surface area (Å²) in [5, 5.41) is 4.12. The molecule has 0 radical (unpaired) electrons. The van der Waals surface area contributed by atoms with Crippen LogP contribution in [0.2, 0.25) is 0 Å². The van der Waals surface area contributed by atoms with Crippen molar-refractivity contribution < 1.29 is 9.53 Å². The molecule has 2 bridgehead atoms. The second-order valence-electron chi connectivity index (χ2n) is 5.70. The summed E-state index contributed by atoms with van der Waals surface area (Å²) in [6, 6.07) is -0.218. The molecule has 0 saturated carbocycles. The summed E-state index contributed by atoms with van der Waals surface area (Å²) in [5.41, 5.74) is 7.14. The zero-order valence-corrected chi connectivity index (χ0v) is 13.2. The molecule has 5 nitrogen and oxygen atoms in total. The molecule has 0 aliphatic carbocycles. The molecule has 3 heterocycles. The van der Waals surface area contributed by atoms with Gasteiger partial charge in [0.15, 0.2) is 0 Å². The molecule has 4 atom stereocenters. The lowest BCUT2D eigenvalue weighted by Crippen LogP contribution is -2.46. The standard InChI is InChI=1S/C15H21N3O2S/c1-8-9(2)21-12(18-8)4-3-7-17-15(19)13-10-5-6-11(20-10)14(13)16/h5-6,10-11,13-14H,3-4,7,16H2,1-2H3,(H,17,19)/t10-,11+,13-,14+/m1/s1. The number of nitrogens with two attached hydrogens (primary N) is 1. The summed E-state index contributed by atoms with van der Waals surface area (Å²) in [6.45, 7) is 4.77. The van der Waals surface area contributed by atoms with E-state index < -0.39 is 0 Å². The molecule has 2 aliphatic heterocycles. The lowest BCUT2D eigenvalue weighted by atomic mass is 9.89. The zero-order valence-electron chi connectivity index (χ0n) is 12.3. The lowest BCUT2D eigenvalue weighted by Gasteiger charge is -2.20. The maximum absolute atomic E-state index is 12.2. The first-order valence-corrected chi connectivity index (χ1v) is 8.18. The molecule has 6 heteroatoms. The number of fused-ring (bicyclic) bond motifs is 2. The molecule has 21 heavy (non-hydrogen) atoms. The fourth-order valence-corrected chi connectivity index (χ4v) is 3.85. The van der Waals surface area contributed by atoms with Crippen LogP contribution in [0.5, 0.6) is 0 Å².